The summed E-state index contributed by atoms with van der Waals surface area (Å²) in [4.78, 5) is 19.9. The second-order valence-corrected chi connectivity index (χ2v) is 6.84. The minimum absolute atomic E-state index is 0.119. The number of aliphatic imine (C=N–C) groups is 1. The van der Waals surface area contributed by atoms with Gasteiger partial charge >= 0.3 is 6.18 Å². The predicted octanol–water partition coefficient (Wildman–Crippen LogP) is 4.11. The van der Waals surface area contributed by atoms with Gasteiger partial charge in [-0.2, -0.15) is 18.3 Å². The topological polar surface area (TPSA) is 102 Å². The molecule has 2 aromatic rings. The Morgan fingerprint density at radius 3 is 2.71 bits per heavy atom. The number of ether oxygens (including phenoxy) is 1. The van der Waals surface area contributed by atoms with E-state index in [0.717, 1.165) is 12.5 Å². The molecule has 164 valence electrons. The third-order valence-corrected chi connectivity index (χ3v) is 4.45. The van der Waals surface area contributed by atoms with Crippen molar-refractivity contribution in [2.24, 2.45) is 15.9 Å². The van der Waals surface area contributed by atoms with Crippen molar-refractivity contribution in [2.45, 2.75) is 38.4 Å². The second-order valence-electron chi connectivity index (χ2n) is 6.84. The number of halogens is 4. The molecule has 1 aromatic carbocycles. The lowest BCUT2D eigenvalue weighted by atomic mass is 9.91. The molecule has 1 aliphatic carbocycles. The summed E-state index contributed by atoms with van der Waals surface area (Å²) in [5.41, 5.74) is -0.205. The maximum absolute atomic E-state index is 13.6. The van der Waals surface area contributed by atoms with Crippen LogP contribution >= 0.6 is 0 Å². The van der Waals surface area contributed by atoms with Gasteiger partial charge in [0.2, 0.25) is 5.91 Å². The molecule has 0 spiro atoms. The summed E-state index contributed by atoms with van der Waals surface area (Å²) < 4.78 is 57.7. The van der Waals surface area contributed by atoms with E-state index in [1.165, 1.54) is 25.3 Å². The van der Waals surface area contributed by atoms with Gasteiger partial charge in [-0.25, -0.2) is 14.4 Å². The fourth-order valence-electron chi connectivity index (χ4n) is 3.19. The van der Waals surface area contributed by atoms with Crippen molar-refractivity contribution >= 4 is 23.1 Å². The first-order valence-corrected chi connectivity index (χ1v) is 9.30. The largest absolute Gasteiger partial charge is 0.457 e. The lowest BCUT2D eigenvalue weighted by molar-refractivity contribution is -0.137. The Balaban J connectivity index is 1.85. The minimum atomic E-state index is -4.71. The van der Waals surface area contributed by atoms with Gasteiger partial charge in [0.05, 0.1) is 17.3 Å². The second kappa shape index (κ2) is 9.11. The first-order chi connectivity index (χ1) is 14.7. The van der Waals surface area contributed by atoms with Gasteiger partial charge in [-0.3, -0.25) is 4.79 Å². The molecular formula is C20H19F4N5O2. The van der Waals surface area contributed by atoms with E-state index in [9.17, 15) is 22.4 Å². The van der Waals surface area contributed by atoms with E-state index in [1.807, 2.05) is 0 Å². The highest BCUT2D eigenvalue weighted by Crippen LogP contribution is 2.34. The summed E-state index contributed by atoms with van der Waals surface area (Å²) in [7, 11) is 0. The lowest BCUT2D eigenvalue weighted by Gasteiger charge is -2.25. The van der Waals surface area contributed by atoms with Crippen molar-refractivity contribution in [1.29, 1.82) is 0 Å². The number of hydrogen-bond donors (Lipinski definition) is 2. The summed E-state index contributed by atoms with van der Waals surface area (Å²) in [5.74, 6) is 4.19. The maximum Gasteiger partial charge on any atom is 0.416 e. The zero-order valence-corrected chi connectivity index (χ0v) is 16.4. The highest BCUT2D eigenvalue weighted by molar-refractivity contribution is 6.45. The monoisotopic (exact) mass is 437 g/mol. The molecule has 1 unspecified atom stereocenters. The number of aromatic nitrogens is 1. The molecule has 3 N–H and O–H groups in total. The molecule has 7 nitrogen and oxygen atoms in total. The van der Waals surface area contributed by atoms with Gasteiger partial charge in [0.15, 0.2) is 5.82 Å². The molecular weight excluding hydrogens is 418 g/mol. The highest BCUT2D eigenvalue weighted by atomic mass is 19.4. The van der Waals surface area contributed by atoms with Crippen LogP contribution in [0.25, 0.3) is 0 Å². The van der Waals surface area contributed by atoms with E-state index >= 15 is 0 Å². The smallest absolute Gasteiger partial charge is 0.416 e. The van der Waals surface area contributed by atoms with E-state index in [0.29, 0.717) is 36.4 Å². The number of hydrazone groups is 1. The molecule has 3 rings (SSSR count). The third-order valence-electron chi connectivity index (χ3n) is 4.45. The molecule has 1 aromatic heterocycles. The van der Waals surface area contributed by atoms with Gasteiger partial charge in [0.25, 0.3) is 0 Å². The Labute approximate surface area is 175 Å². The summed E-state index contributed by atoms with van der Waals surface area (Å²) >= 11 is 0. The number of rotatable bonds is 4. The van der Waals surface area contributed by atoms with Crippen LogP contribution in [0.2, 0.25) is 0 Å². The van der Waals surface area contributed by atoms with Crippen LogP contribution in [0.4, 0.5) is 23.4 Å². The summed E-state index contributed by atoms with van der Waals surface area (Å²) in [5, 5.41) is 6.52. The van der Waals surface area contributed by atoms with Gasteiger partial charge < -0.3 is 15.9 Å². The first-order valence-electron chi connectivity index (χ1n) is 9.30. The predicted molar refractivity (Wildman–Crippen MR) is 106 cm³/mol. The van der Waals surface area contributed by atoms with Crippen LogP contribution in [-0.4, -0.2) is 28.4 Å². The summed E-state index contributed by atoms with van der Waals surface area (Å²) in [6.45, 7) is 1.39. The number of benzene rings is 1. The Morgan fingerprint density at radius 2 is 2.03 bits per heavy atom. The van der Waals surface area contributed by atoms with Crippen LogP contribution in [0.15, 0.2) is 46.6 Å². The average Bonchev–Trinajstić information content (AvgIpc) is 2.67. The number of carbonyl (C=O) groups excluding carboxylic acids is 1. The summed E-state index contributed by atoms with van der Waals surface area (Å²) in [6.07, 6.45) is -1.41. The van der Waals surface area contributed by atoms with Crippen molar-refractivity contribution in [3.05, 3.63) is 47.9 Å². The number of pyridine rings is 1. The third kappa shape index (κ3) is 5.77. The lowest BCUT2D eigenvalue weighted by Crippen LogP contribution is -2.46. The Morgan fingerprint density at radius 1 is 1.26 bits per heavy atom. The van der Waals surface area contributed by atoms with Crippen molar-refractivity contribution < 1.29 is 27.1 Å². The Hall–Kier alpha value is -3.50. The normalized spacial score (nSPS) is 19.5. The Kier molecular flexibility index (Phi) is 6.52. The van der Waals surface area contributed by atoms with Crippen molar-refractivity contribution in [1.82, 2.24) is 10.3 Å². The number of carbonyl (C=O) groups is 1. The first kappa shape index (κ1) is 22.2. The van der Waals surface area contributed by atoms with E-state index < -0.39 is 17.6 Å². The maximum atomic E-state index is 13.6. The molecule has 31 heavy (non-hydrogen) atoms. The van der Waals surface area contributed by atoms with Gasteiger partial charge in [0.1, 0.15) is 23.0 Å². The number of nitrogens with zero attached hydrogens (tertiary/aromatic N) is 3. The molecule has 0 bridgehead atoms. The molecule has 0 radical (unpaired) electrons. The molecule has 0 aliphatic heterocycles. The highest BCUT2D eigenvalue weighted by Gasteiger charge is 2.31. The number of amides is 1. The minimum Gasteiger partial charge on any atom is -0.457 e. The molecule has 1 atom stereocenters. The Bertz CT molecular complexity index is 1040. The number of hydrogen-bond acceptors (Lipinski definition) is 6. The van der Waals surface area contributed by atoms with E-state index in [-0.39, 0.29) is 29.3 Å². The van der Waals surface area contributed by atoms with Gasteiger partial charge in [-0.15, -0.1) is 0 Å². The van der Waals surface area contributed by atoms with Crippen molar-refractivity contribution in [3.8, 4) is 11.5 Å². The summed E-state index contributed by atoms with van der Waals surface area (Å²) in [6, 6.07) is 4.36. The van der Waals surface area contributed by atoms with Crippen LogP contribution < -0.4 is 15.9 Å². The molecule has 1 amide bonds. The van der Waals surface area contributed by atoms with E-state index in [1.54, 1.807) is 0 Å². The van der Waals surface area contributed by atoms with Gasteiger partial charge in [-0.05, 0) is 37.5 Å². The van der Waals surface area contributed by atoms with Crippen LogP contribution in [-0.2, 0) is 11.0 Å². The van der Waals surface area contributed by atoms with Gasteiger partial charge in [-0.1, -0.05) is 0 Å². The quantitative estimate of drug-likeness (QED) is 0.427. The van der Waals surface area contributed by atoms with Crippen molar-refractivity contribution in [3.63, 3.8) is 0 Å². The molecule has 1 fully saturated rings. The van der Waals surface area contributed by atoms with E-state index in [2.05, 4.69) is 20.4 Å². The molecule has 0 saturated heterocycles. The van der Waals surface area contributed by atoms with Crippen LogP contribution in [0.3, 0.4) is 0 Å². The molecule has 1 aliphatic rings. The van der Waals surface area contributed by atoms with Crippen LogP contribution in [0.5, 0.6) is 11.5 Å². The molecule has 1 heterocycles. The van der Waals surface area contributed by atoms with Gasteiger partial charge in [0, 0.05) is 25.3 Å². The standard InChI is InChI=1S/C20H19F4N5O2/c1-11(30)27-16-3-2-4-17(19(16)29-25)28-18-10-14(5-6-26-18)31-15-8-12(20(22,23)24)7-13(21)9-15/h5-10,16H,2-4,25H2,1H3,(H,27,30)/b28-17?,29-19-. The fraction of sp³-hybridized carbons (Fsp3) is 0.300. The molecule has 11 heteroatoms. The SMILES string of the molecule is CC(=O)NC1CCCC(=Nc2cc(Oc3cc(F)cc(C(F)(F)F)c3)ccn2)/C1=N\N. The number of nitrogens with two attached hydrogens (primary N) is 1. The number of alkyl halides is 3. The van der Waals surface area contributed by atoms with E-state index in [4.69, 9.17) is 10.6 Å². The van der Waals surface area contributed by atoms with Crippen LogP contribution in [0, 0.1) is 5.82 Å². The average molecular weight is 437 g/mol. The zero-order valence-electron chi connectivity index (χ0n) is 16.4. The fourth-order valence-corrected chi connectivity index (χ4v) is 3.19. The van der Waals surface area contributed by atoms with Crippen LogP contribution in [0.1, 0.15) is 31.7 Å². The zero-order chi connectivity index (χ0) is 22.6. The van der Waals surface area contributed by atoms with Crippen molar-refractivity contribution in [2.75, 3.05) is 0 Å². The molecule has 1 saturated carbocycles. The number of nitrogens with one attached hydrogen (secondary N) is 1.